The van der Waals surface area contributed by atoms with Crippen LogP contribution in [0.2, 0.25) is 0 Å². The van der Waals surface area contributed by atoms with Gasteiger partial charge in [0.25, 0.3) is 11.5 Å². The lowest BCUT2D eigenvalue weighted by atomic mass is 9.98. The van der Waals surface area contributed by atoms with Crippen molar-refractivity contribution in [2.75, 3.05) is 13.1 Å². The minimum atomic E-state index is -0.906. The molecule has 1 fully saturated rings. The van der Waals surface area contributed by atoms with Gasteiger partial charge in [0.1, 0.15) is 5.56 Å². The van der Waals surface area contributed by atoms with Crippen molar-refractivity contribution in [1.29, 1.82) is 0 Å². The zero-order valence-electron chi connectivity index (χ0n) is 12.0. The van der Waals surface area contributed by atoms with Gasteiger partial charge in [-0.15, -0.1) is 11.3 Å². The highest BCUT2D eigenvalue weighted by molar-refractivity contribution is 7.15. The molecule has 1 amide bonds. The van der Waals surface area contributed by atoms with E-state index in [1.54, 1.807) is 12.3 Å². The number of aliphatic carboxylic acids is 1. The SMILES string of the molecule is Cc1csc2ncc(C(=O)N3CCCC(C(=O)O)C3)c(=O)n12. The van der Waals surface area contributed by atoms with Crippen LogP contribution in [0.15, 0.2) is 16.4 Å². The number of aryl methyl sites for hydroxylation is 1. The second-order valence-electron chi connectivity index (χ2n) is 5.40. The maximum Gasteiger partial charge on any atom is 0.308 e. The molecule has 8 heteroatoms. The topological polar surface area (TPSA) is 92.0 Å². The van der Waals surface area contributed by atoms with Crippen molar-refractivity contribution in [2.45, 2.75) is 19.8 Å². The highest BCUT2D eigenvalue weighted by Gasteiger charge is 2.30. The predicted octanol–water partition coefficient (Wildman–Crippen LogP) is 1.00. The van der Waals surface area contributed by atoms with Crippen LogP contribution < -0.4 is 5.56 Å². The third-order valence-corrected chi connectivity index (χ3v) is 4.86. The van der Waals surface area contributed by atoms with Crippen molar-refractivity contribution in [1.82, 2.24) is 14.3 Å². The van der Waals surface area contributed by atoms with Gasteiger partial charge in [-0.3, -0.25) is 18.8 Å². The monoisotopic (exact) mass is 321 g/mol. The molecule has 1 N–H and O–H groups in total. The third kappa shape index (κ3) is 2.39. The highest BCUT2D eigenvalue weighted by Crippen LogP contribution is 2.18. The van der Waals surface area contributed by atoms with Crippen molar-refractivity contribution in [3.63, 3.8) is 0 Å². The van der Waals surface area contributed by atoms with E-state index >= 15 is 0 Å². The van der Waals surface area contributed by atoms with E-state index in [9.17, 15) is 14.4 Å². The fraction of sp³-hybridized carbons (Fsp3) is 0.429. The van der Waals surface area contributed by atoms with Gasteiger partial charge in [-0.1, -0.05) is 0 Å². The lowest BCUT2D eigenvalue weighted by Crippen LogP contribution is -2.44. The van der Waals surface area contributed by atoms with E-state index in [1.807, 2.05) is 0 Å². The average molecular weight is 321 g/mol. The summed E-state index contributed by atoms with van der Waals surface area (Å²) < 4.78 is 1.41. The Morgan fingerprint density at radius 2 is 2.23 bits per heavy atom. The molecule has 0 radical (unpaired) electrons. The first-order valence-electron chi connectivity index (χ1n) is 6.97. The lowest BCUT2D eigenvalue weighted by Gasteiger charge is -2.30. The number of piperidine rings is 1. The van der Waals surface area contributed by atoms with Gasteiger partial charge in [0, 0.05) is 30.4 Å². The number of aromatic nitrogens is 2. The number of carboxylic acid groups (broad SMARTS) is 1. The smallest absolute Gasteiger partial charge is 0.308 e. The summed E-state index contributed by atoms with van der Waals surface area (Å²) in [4.78, 5) is 42.3. The van der Waals surface area contributed by atoms with E-state index in [-0.39, 0.29) is 12.1 Å². The van der Waals surface area contributed by atoms with Crippen LogP contribution in [-0.2, 0) is 4.79 Å². The Kier molecular flexibility index (Phi) is 3.69. The van der Waals surface area contributed by atoms with Crippen molar-refractivity contribution >= 4 is 28.2 Å². The van der Waals surface area contributed by atoms with Crippen LogP contribution in [0.4, 0.5) is 0 Å². The number of hydrogen-bond donors (Lipinski definition) is 1. The minimum absolute atomic E-state index is 0.00922. The maximum absolute atomic E-state index is 12.5. The van der Waals surface area contributed by atoms with Crippen molar-refractivity contribution in [3.8, 4) is 0 Å². The molecule has 3 heterocycles. The molecule has 1 unspecified atom stereocenters. The van der Waals surface area contributed by atoms with Gasteiger partial charge in [-0.2, -0.15) is 0 Å². The van der Waals surface area contributed by atoms with Crippen LogP contribution in [0.3, 0.4) is 0 Å². The first kappa shape index (κ1) is 14.7. The largest absolute Gasteiger partial charge is 0.481 e. The molecule has 1 aliphatic rings. The van der Waals surface area contributed by atoms with Gasteiger partial charge in [-0.05, 0) is 19.8 Å². The maximum atomic E-state index is 12.5. The normalized spacial score (nSPS) is 18.6. The average Bonchev–Trinajstić information content (AvgIpc) is 2.89. The van der Waals surface area contributed by atoms with E-state index in [1.165, 1.54) is 26.8 Å². The first-order chi connectivity index (χ1) is 10.5. The Bertz CT molecular complexity index is 810. The van der Waals surface area contributed by atoms with E-state index in [0.717, 1.165) is 5.69 Å². The molecule has 22 heavy (non-hydrogen) atoms. The van der Waals surface area contributed by atoms with E-state index in [2.05, 4.69) is 4.98 Å². The fourth-order valence-corrected chi connectivity index (χ4v) is 3.53. The van der Waals surface area contributed by atoms with Crippen LogP contribution in [0.25, 0.3) is 4.96 Å². The fourth-order valence-electron chi connectivity index (χ4n) is 2.71. The zero-order valence-corrected chi connectivity index (χ0v) is 12.8. The quantitative estimate of drug-likeness (QED) is 0.891. The van der Waals surface area contributed by atoms with E-state index < -0.39 is 23.4 Å². The summed E-state index contributed by atoms with van der Waals surface area (Å²) in [6, 6.07) is 0. The molecule has 0 bridgehead atoms. The number of carboxylic acids is 1. The van der Waals surface area contributed by atoms with Crippen LogP contribution in [0.5, 0.6) is 0 Å². The summed E-state index contributed by atoms with van der Waals surface area (Å²) in [6.45, 7) is 2.38. The second kappa shape index (κ2) is 5.53. The summed E-state index contributed by atoms with van der Waals surface area (Å²) >= 11 is 1.34. The Labute approximate surface area is 129 Å². The van der Waals surface area contributed by atoms with E-state index in [4.69, 9.17) is 5.11 Å². The van der Waals surface area contributed by atoms with Crippen LogP contribution in [0.1, 0.15) is 28.9 Å². The number of nitrogens with zero attached hydrogens (tertiary/aromatic N) is 3. The molecule has 0 aromatic carbocycles. The molecule has 0 aliphatic carbocycles. The summed E-state index contributed by atoms with van der Waals surface area (Å²) in [5.41, 5.74) is 0.324. The molecule has 1 atom stereocenters. The molecule has 7 nitrogen and oxygen atoms in total. The van der Waals surface area contributed by atoms with Gasteiger partial charge >= 0.3 is 5.97 Å². The van der Waals surface area contributed by atoms with Gasteiger partial charge in [0.05, 0.1) is 5.92 Å². The third-order valence-electron chi connectivity index (χ3n) is 3.90. The zero-order chi connectivity index (χ0) is 15.9. The van der Waals surface area contributed by atoms with Crippen molar-refractivity contribution in [2.24, 2.45) is 5.92 Å². The molecular weight excluding hydrogens is 306 g/mol. The van der Waals surface area contributed by atoms with Gasteiger partial charge in [-0.25, -0.2) is 4.98 Å². The summed E-state index contributed by atoms with van der Waals surface area (Å²) in [5, 5.41) is 10.9. The lowest BCUT2D eigenvalue weighted by molar-refractivity contribution is -0.143. The molecular formula is C14H15N3O4S. The van der Waals surface area contributed by atoms with Crippen LogP contribution >= 0.6 is 11.3 Å². The number of fused-ring (bicyclic) bond motifs is 1. The van der Waals surface area contributed by atoms with Crippen molar-refractivity contribution in [3.05, 3.63) is 33.2 Å². The molecule has 116 valence electrons. The van der Waals surface area contributed by atoms with Crippen molar-refractivity contribution < 1.29 is 14.7 Å². The standard InChI is InChI=1S/C14H15N3O4S/c1-8-7-22-14-15-5-10(12(19)17(8)14)11(18)16-4-2-3-9(6-16)13(20)21/h5,7,9H,2-4,6H2,1H3,(H,20,21). The molecule has 2 aromatic heterocycles. The molecule has 0 saturated carbocycles. The number of likely N-dealkylation sites (tertiary alicyclic amines) is 1. The second-order valence-corrected chi connectivity index (χ2v) is 6.24. The molecule has 3 rings (SSSR count). The van der Waals surface area contributed by atoms with Gasteiger partial charge in [0.2, 0.25) is 0 Å². The van der Waals surface area contributed by atoms with Gasteiger partial charge < -0.3 is 10.0 Å². The number of rotatable bonds is 2. The molecule has 0 spiro atoms. The summed E-state index contributed by atoms with van der Waals surface area (Å²) in [6.07, 6.45) is 2.47. The Hall–Kier alpha value is -2.22. The molecule has 2 aromatic rings. The number of amides is 1. The highest BCUT2D eigenvalue weighted by atomic mass is 32.1. The number of thiazole rings is 1. The predicted molar refractivity (Wildman–Crippen MR) is 80.3 cm³/mol. The van der Waals surface area contributed by atoms with Crippen LogP contribution in [0, 0.1) is 12.8 Å². The Morgan fingerprint density at radius 3 is 2.95 bits per heavy atom. The van der Waals surface area contributed by atoms with Crippen LogP contribution in [-0.4, -0.2) is 44.4 Å². The molecule has 1 aliphatic heterocycles. The summed E-state index contributed by atoms with van der Waals surface area (Å²) in [7, 11) is 0. The van der Waals surface area contributed by atoms with Gasteiger partial charge in [0.15, 0.2) is 4.96 Å². The minimum Gasteiger partial charge on any atom is -0.481 e. The van der Waals surface area contributed by atoms with E-state index in [0.29, 0.717) is 24.3 Å². The number of hydrogen-bond acceptors (Lipinski definition) is 5. The number of carbonyl (C=O) groups excluding carboxylic acids is 1. The Balaban J connectivity index is 1.95. The number of carbonyl (C=O) groups is 2. The first-order valence-corrected chi connectivity index (χ1v) is 7.85. The summed E-state index contributed by atoms with van der Waals surface area (Å²) in [5.74, 6) is -1.92. The molecule has 1 saturated heterocycles. The Morgan fingerprint density at radius 1 is 1.45 bits per heavy atom.